The van der Waals surface area contributed by atoms with E-state index in [1.54, 1.807) is 11.8 Å². The Balaban J connectivity index is 2.12. The highest BCUT2D eigenvalue weighted by molar-refractivity contribution is 7.99. The van der Waals surface area contributed by atoms with Crippen molar-refractivity contribution in [3.05, 3.63) is 35.4 Å². The highest BCUT2D eigenvalue weighted by atomic mass is 32.2. The van der Waals surface area contributed by atoms with Crippen molar-refractivity contribution in [3.8, 4) is 0 Å². The van der Waals surface area contributed by atoms with Crippen LogP contribution >= 0.6 is 11.8 Å². The Kier molecular flexibility index (Phi) is 3.78. The van der Waals surface area contributed by atoms with Crippen LogP contribution in [0.15, 0.2) is 18.2 Å². The van der Waals surface area contributed by atoms with Gasteiger partial charge in [0.25, 0.3) is 0 Å². The van der Waals surface area contributed by atoms with Crippen LogP contribution in [0.3, 0.4) is 0 Å². The molecule has 1 aliphatic heterocycles. The third-order valence-corrected chi connectivity index (χ3v) is 3.59. The zero-order valence-corrected chi connectivity index (χ0v) is 9.47. The van der Waals surface area contributed by atoms with Crippen molar-refractivity contribution >= 4 is 11.8 Å². The largest absolute Gasteiger partial charge is 0.375 e. The lowest BCUT2D eigenvalue weighted by Gasteiger charge is -2.27. The molecule has 88 valence electrons. The number of benzene rings is 1. The van der Waals surface area contributed by atoms with Crippen LogP contribution in [0, 0.1) is 11.6 Å². The van der Waals surface area contributed by atoms with E-state index in [1.807, 2.05) is 0 Å². The minimum atomic E-state index is -0.864. The number of nitrogens with two attached hydrogens (primary N) is 1. The molecule has 0 aliphatic carbocycles. The lowest BCUT2D eigenvalue weighted by atomic mass is 10.0. The van der Waals surface area contributed by atoms with Crippen LogP contribution in [0.4, 0.5) is 8.78 Å². The van der Waals surface area contributed by atoms with Crippen LogP contribution in [0.1, 0.15) is 11.6 Å². The first-order valence-electron chi connectivity index (χ1n) is 5.08. The van der Waals surface area contributed by atoms with Gasteiger partial charge < -0.3 is 10.5 Å². The fourth-order valence-electron chi connectivity index (χ4n) is 1.65. The molecule has 0 saturated carbocycles. The van der Waals surface area contributed by atoms with E-state index in [0.29, 0.717) is 12.2 Å². The quantitative estimate of drug-likeness (QED) is 0.866. The molecule has 1 aliphatic rings. The summed E-state index contributed by atoms with van der Waals surface area (Å²) in [7, 11) is 0. The molecule has 2 atom stereocenters. The fourth-order valence-corrected chi connectivity index (χ4v) is 2.56. The van der Waals surface area contributed by atoms with Gasteiger partial charge in [-0.05, 0) is 17.7 Å². The van der Waals surface area contributed by atoms with E-state index in [1.165, 1.54) is 6.07 Å². The summed E-state index contributed by atoms with van der Waals surface area (Å²) in [6, 6.07) is 3.34. The molecule has 0 bridgehead atoms. The highest BCUT2D eigenvalue weighted by Gasteiger charge is 2.23. The highest BCUT2D eigenvalue weighted by Crippen LogP contribution is 2.24. The van der Waals surface area contributed by atoms with E-state index in [2.05, 4.69) is 0 Å². The number of thioether (sulfide) groups is 1. The molecule has 1 heterocycles. The summed E-state index contributed by atoms with van der Waals surface area (Å²) in [5.41, 5.74) is 6.54. The SMILES string of the molecule is NC(c1ccc(F)c(F)c1)C1CSCCO1. The van der Waals surface area contributed by atoms with Crippen LogP contribution < -0.4 is 5.73 Å². The maximum Gasteiger partial charge on any atom is 0.159 e. The van der Waals surface area contributed by atoms with Gasteiger partial charge in [0.2, 0.25) is 0 Å². The van der Waals surface area contributed by atoms with E-state index < -0.39 is 17.7 Å². The minimum absolute atomic E-state index is 0.122. The maximum absolute atomic E-state index is 13.0. The zero-order valence-electron chi connectivity index (χ0n) is 8.66. The minimum Gasteiger partial charge on any atom is -0.375 e. The first-order chi connectivity index (χ1) is 7.68. The number of hydrogen-bond acceptors (Lipinski definition) is 3. The average molecular weight is 245 g/mol. The molecule has 2 rings (SSSR count). The molecule has 0 amide bonds. The molecular weight excluding hydrogens is 232 g/mol. The first kappa shape index (κ1) is 11.8. The van der Waals surface area contributed by atoms with Crippen molar-refractivity contribution in [2.45, 2.75) is 12.1 Å². The van der Waals surface area contributed by atoms with Crippen molar-refractivity contribution in [2.75, 3.05) is 18.1 Å². The Hall–Kier alpha value is -0.650. The smallest absolute Gasteiger partial charge is 0.159 e. The van der Waals surface area contributed by atoms with Gasteiger partial charge in [0.15, 0.2) is 11.6 Å². The predicted molar refractivity (Wildman–Crippen MR) is 60.4 cm³/mol. The molecule has 0 spiro atoms. The second kappa shape index (κ2) is 5.12. The first-order valence-corrected chi connectivity index (χ1v) is 6.24. The summed E-state index contributed by atoms with van der Waals surface area (Å²) in [5, 5.41) is 0. The Morgan fingerprint density at radius 2 is 2.19 bits per heavy atom. The molecule has 1 aromatic carbocycles. The second-order valence-corrected chi connectivity index (χ2v) is 4.83. The molecule has 1 fully saturated rings. The van der Waals surface area contributed by atoms with Crippen LogP contribution in [0.25, 0.3) is 0 Å². The number of hydrogen-bond donors (Lipinski definition) is 1. The van der Waals surface area contributed by atoms with Crippen molar-refractivity contribution in [2.24, 2.45) is 5.73 Å². The van der Waals surface area contributed by atoms with Crippen molar-refractivity contribution in [1.29, 1.82) is 0 Å². The van der Waals surface area contributed by atoms with Gasteiger partial charge in [-0.2, -0.15) is 11.8 Å². The summed E-state index contributed by atoms with van der Waals surface area (Å²) >= 11 is 1.76. The molecule has 5 heteroatoms. The summed E-state index contributed by atoms with van der Waals surface area (Å²) in [4.78, 5) is 0. The Bertz CT molecular complexity index is 369. The Morgan fingerprint density at radius 3 is 2.81 bits per heavy atom. The summed E-state index contributed by atoms with van der Waals surface area (Å²) in [6.45, 7) is 0.659. The number of halogens is 2. The summed E-state index contributed by atoms with van der Waals surface area (Å²) < 4.78 is 31.3. The molecule has 2 nitrogen and oxygen atoms in total. The van der Waals surface area contributed by atoms with Crippen LogP contribution in [0.5, 0.6) is 0 Å². The van der Waals surface area contributed by atoms with Crippen molar-refractivity contribution in [3.63, 3.8) is 0 Å². The van der Waals surface area contributed by atoms with Gasteiger partial charge in [0.05, 0.1) is 18.8 Å². The third kappa shape index (κ3) is 2.53. The Labute approximate surface area is 97.2 Å². The van der Waals surface area contributed by atoms with E-state index in [9.17, 15) is 8.78 Å². The van der Waals surface area contributed by atoms with Crippen LogP contribution in [-0.4, -0.2) is 24.2 Å². The third-order valence-electron chi connectivity index (χ3n) is 2.57. The maximum atomic E-state index is 13.0. The second-order valence-electron chi connectivity index (χ2n) is 3.68. The topological polar surface area (TPSA) is 35.2 Å². The Morgan fingerprint density at radius 1 is 1.38 bits per heavy atom. The lowest BCUT2D eigenvalue weighted by Crippen LogP contribution is -2.34. The molecule has 2 unspecified atom stereocenters. The molecule has 16 heavy (non-hydrogen) atoms. The van der Waals surface area contributed by atoms with Crippen LogP contribution in [-0.2, 0) is 4.74 Å². The monoisotopic (exact) mass is 245 g/mol. The normalized spacial score (nSPS) is 23.1. The van der Waals surface area contributed by atoms with E-state index in [4.69, 9.17) is 10.5 Å². The van der Waals surface area contributed by atoms with Gasteiger partial charge in [-0.25, -0.2) is 8.78 Å². The van der Waals surface area contributed by atoms with E-state index >= 15 is 0 Å². The molecule has 2 N–H and O–H groups in total. The molecule has 1 saturated heterocycles. The molecule has 0 radical (unpaired) electrons. The number of ether oxygens (including phenoxy) is 1. The van der Waals surface area contributed by atoms with Crippen LogP contribution in [0.2, 0.25) is 0 Å². The zero-order chi connectivity index (χ0) is 11.5. The lowest BCUT2D eigenvalue weighted by molar-refractivity contribution is 0.0568. The van der Waals surface area contributed by atoms with Gasteiger partial charge in [0.1, 0.15) is 0 Å². The van der Waals surface area contributed by atoms with Gasteiger partial charge in [0, 0.05) is 11.5 Å². The van der Waals surface area contributed by atoms with Crippen molar-refractivity contribution < 1.29 is 13.5 Å². The summed E-state index contributed by atoms with van der Waals surface area (Å²) in [5.74, 6) is 0.0348. The molecule has 1 aromatic rings. The van der Waals surface area contributed by atoms with Gasteiger partial charge in [-0.3, -0.25) is 0 Å². The average Bonchev–Trinajstić information content (AvgIpc) is 2.33. The van der Waals surface area contributed by atoms with Gasteiger partial charge >= 0.3 is 0 Å². The van der Waals surface area contributed by atoms with Crippen molar-refractivity contribution in [1.82, 2.24) is 0 Å². The standard InChI is InChI=1S/C11H13F2NOS/c12-8-2-1-7(5-9(8)13)11(14)10-6-16-4-3-15-10/h1-2,5,10-11H,3-4,6,14H2. The molecular formula is C11H13F2NOS. The predicted octanol–water partition coefficient (Wildman–Crippen LogP) is 2.10. The van der Waals surface area contributed by atoms with Gasteiger partial charge in [-0.1, -0.05) is 6.07 Å². The summed E-state index contributed by atoms with van der Waals surface area (Å²) in [6.07, 6.45) is -0.122. The van der Waals surface area contributed by atoms with E-state index in [0.717, 1.165) is 23.6 Å². The fraction of sp³-hybridized carbons (Fsp3) is 0.455. The number of rotatable bonds is 2. The van der Waals surface area contributed by atoms with E-state index in [-0.39, 0.29) is 6.10 Å². The molecule has 0 aromatic heterocycles. The van der Waals surface area contributed by atoms with Gasteiger partial charge in [-0.15, -0.1) is 0 Å².